The van der Waals surface area contributed by atoms with Crippen molar-refractivity contribution in [2.45, 2.75) is 51.5 Å². The number of allylic oxidation sites excluding steroid dienone is 2. The highest BCUT2D eigenvalue weighted by atomic mass is 19.4. The molecule has 0 saturated carbocycles. The second-order valence-electron chi connectivity index (χ2n) is 6.37. The van der Waals surface area contributed by atoms with E-state index in [9.17, 15) is 31.1 Å². The molecule has 2 rings (SSSR count). The van der Waals surface area contributed by atoms with Crippen LogP contribution in [-0.4, -0.2) is 42.1 Å². The zero-order valence-corrected chi connectivity index (χ0v) is 18.0. The van der Waals surface area contributed by atoms with Crippen molar-refractivity contribution in [1.82, 2.24) is 10.3 Å². The number of nitrogens with one attached hydrogen (secondary N) is 1. The number of hydrogen-bond donors (Lipinski definition) is 3. The number of halogens is 6. The molecule has 184 valence electrons. The summed E-state index contributed by atoms with van der Waals surface area (Å²) in [6.07, 6.45) is -6.07. The Bertz CT molecular complexity index is 943. The summed E-state index contributed by atoms with van der Waals surface area (Å²) in [7, 11) is 1.12. The van der Waals surface area contributed by atoms with Crippen molar-refractivity contribution < 1.29 is 35.6 Å². The number of aromatic nitrogens is 1. The van der Waals surface area contributed by atoms with E-state index in [2.05, 4.69) is 24.7 Å². The molecule has 14 heteroatoms. The second kappa shape index (κ2) is 11.5. The Morgan fingerprint density at radius 3 is 2.42 bits per heavy atom. The highest BCUT2D eigenvalue weighted by Crippen LogP contribution is 2.30. The number of carbonyl (C=O) groups is 1. The molecule has 33 heavy (non-hydrogen) atoms. The lowest BCUT2D eigenvalue weighted by Gasteiger charge is -2.25. The molecule has 0 aliphatic heterocycles. The van der Waals surface area contributed by atoms with Crippen LogP contribution in [0.4, 0.5) is 32.2 Å². The van der Waals surface area contributed by atoms with Crippen LogP contribution in [0.25, 0.3) is 0 Å². The average molecular weight is 482 g/mol. The van der Waals surface area contributed by atoms with Crippen LogP contribution in [0.1, 0.15) is 39.0 Å². The van der Waals surface area contributed by atoms with Gasteiger partial charge in [-0.25, -0.2) is 4.99 Å². The Balaban J connectivity index is 0.00000265. The largest absolute Gasteiger partial charge is 0.469 e. The standard InChI is InChI=1S/C17H18F6N6O2.C2H6/c1-26-11(5-12(25)16(18,19)20)14(30)28-10-4-2-3-9(24)8(10)6-27-13-7-31-15(29-13)17(21,22)23;1-2/h5-7,10H,2-4,24-25H2,1H3,(H,28,30);1-2H3/b12-5-,26-11?,27-6+;. The van der Waals surface area contributed by atoms with Gasteiger partial charge in [0, 0.05) is 24.5 Å². The minimum Gasteiger partial charge on any atom is -0.439 e. The molecule has 1 amide bonds. The van der Waals surface area contributed by atoms with E-state index >= 15 is 0 Å². The van der Waals surface area contributed by atoms with Gasteiger partial charge in [-0.15, -0.1) is 0 Å². The zero-order valence-electron chi connectivity index (χ0n) is 18.0. The summed E-state index contributed by atoms with van der Waals surface area (Å²) in [6.45, 7) is 4.00. The van der Waals surface area contributed by atoms with Crippen molar-refractivity contribution in [2.24, 2.45) is 21.5 Å². The van der Waals surface area contributed by atoms with Gasteiger partial charge < -0.3 is 21.2 Å². The number of rotatable bonds is 5. The summed E-state index contributed by atoms with van der Waals surface area (Å²) in [5, 5.41) is 2.48. The number of alkyl halides is 6. The van der Waals surface area contributed by atoms with Crippen LogP contribution < -0.4 is 16.8 Å². The molecule has 1 atom stereocenters. The molecule has 0 aromatic carbocycles. The van der Waals surface area contributed by atoms with Crippen LogP contribution in [0.3, 0.4) is 0 Å². The fraction of sp³-hybridized carbons (Fsp3) is 0.474. The van der Waals surface area contributed by atoms with Gasteiger partial charge in [0.25, 0.3) is 5.91 Å². The summed E-state index contributed by atoms with van der Waals surface area (Å²) in [6, 6.07) is -0.767. The van der Waals surface area contributed by atoms with E-state index in [4.69, 9.17) is 11.5 Å². The summed E-state index contributed by atoms with van der Waals surface area (Å²) in [5.41, 5.74) is 9.36. The number of nitrogens with zero attached hydrogens (tertiary/aromatic N) is 3. The van der Waals surface area contributed by atoms with Gasteiger partial charge in [-0.1, -0.05) is 13.8 Å². The molecule has 1 aliphatic rings. The van der Waals surface area contributed by atoms with Crippen LogP contribution in [0.15, 0.2) is 43.7 Å². The third-order valence-corrected chi connectivity index (χ3v) is 4.15. The van der Waals surface area contributed by atoms with Crippen molar-refractivity contribution in [1.29, 1.82) is 0 Å². The lowest BCUT2D eigenvalue weighted by molar-refractivity contribution is -0.157. The van der Waals surface area contributed by atoms with Crippen LogP contribution in [0.2, 0.25) is 0 Å². The normalized spacial score (nSPS) is 18.3. The number of oxazole rings is 1. The van der Waals surface area contributed by atoms with E-state index in [-0.39, 0.29) is 11.4 Å². The van der Waals surface area contributed by atoms with E-state index in [0.717, 1.165) is 13.3 Å². The number of aliphatic imine (C=N–C) groups is 2. The quantitative estimate of drug-likeness (QED) is 0.434. The first-order valence-electron chi connectivity index (χ1n) is 9.70. The number of nitrogens with two attached hydrogens (primary N) is 2. The fourth-order valence-electron chi connectivity index (χ4n) is 2.63. The molecule has 1 aromatic rings. The Morgan fingerprint density at radius 2 is 1.91 bits per heavy atom. The molecule has 0 spiro atoms. The molecular weight excluding hydrogens is 458 g/mol. The summed E-state index contributed by atoms with van der Waals surface area (Å²) in [5.74, 6) is -2.80. The van der Waals surface area contributed by atoms with Crippen LogP contribution in [-0.2, 0) is 11.0 Å². The molecule has 5 N–H and O–H groups in total. The van der Waals surface area contributed by atoms with Gasteiger partial charge in [-0.05, 0) is 25.3 Å². The van der Waals surface area contributed by atoms with Crippen molar-refractivity contribution >= 4 is 23.7 Å². The van der Waals surface area contributed by atoms with E-state index in [1.54, 1.807) is 0 Å². The first-order chi connectivity index (χ1) is 15.3. The van der Waals surface area contributed by atoms with Crippen molar-refractivity contribution in [3.05, 3.63) is 35.2 Å². The molecule has 8 nitrogen and oxygen atoms in total. The Hall–Kier alpha value is -3.32. The van der Waals surface area contributed by atoms with Gasteiger partial charge in [0.05, 0.1) is 6.04 Å². The van der Waals surface area contributed by atoms with E-state index in [0.29, 0.717) is 37.3 Å². The maximum atomic E-state index is 12.6. The fourth-order valence-corrected chi connectivity index (χ4v) is 2.63. The molecule has 0 bridgehead atoms. The molecular formula is C19H24F6N6O2. The first-order valence-corrected chi connectivity index (χ1v) is 9.70. The highest BCUT2D eigenvalue weighted by Gasteiger charge is 2.37. The monoisotopic (exact) mass is 482 g/mol. The highest BCUT2D eigenvalue weighted by molar-refractivity contribution is 6.43. The lowest BCUT2D eigenvalue weighted by Crippen LogP contribution is -2.43. The lowest BCUT2D eigenvalue weighted by atomic mass is 9.92. The predicted molar refractivity (Wildman–Crippen MR) is 110 cm³/mol. The maximum absolute atomic E-state index is 12.6. The molecule has 1 aliphatic carbocycles. The van der Waals surface area contributed by atoms with E-state index in [1.807, 2.05) is 13.8 Å². The summed E-state index contributed by atoms with van der Waals surface area (Å²) >= 11 is 0. The zero-order chi connectivity index (χ0) is 25.4. The number of amides is 1. The van der Waals surface area contributed by atoms with Crippen LogP contribution in [0, 0.1) is 0 Å². The van der Waals surface area contributed by atoms with Gasteiger partial charge >= 0.3 is 18.2 Å². The molecule has 1 heterocycles. The smallest absolute Gasteiger partial charge is 0.439 e. The van der Waals surface area contributed by atoms with Crippen molar-refractivity contribution in [2.75, 3.05) is 7.05 Å². The Morgan fingerprint density at radius 1 is 1.27 bits per heavy atom. The van der Waals surface area contributed by atoms with Crippen LogP contribution >= 0.6 is 0 Å². The minimum absolute atomic E-state index is 0.277. The SMILES string of the molecule is CC.CN=C(/C=C(\N)C(F)(F)F)C(=O)NC1CCCC(N)=C1/C=N/c1coc(C(F)(F)F)n1. The topological polar surface area (TPSA) is 132 Å². The summed E-state index contributed by atoms with van der Waals surface area (Å²) in [4.78, 5) is 22.9. The molecule has 1 aromatic heterocycles. The van der Waals surface area contributed by atoms with Gasteiger partial charge in [0.1, 0.15) is 17.7 Å². The molecule has 0 fully saturated rings. The van der Waals surface area contributed by atoms with E-state index in [1.165, 1.54) is 0 Å². The Labute approximate surface area is 185 Å². The average Bonchev–Trinajstić information content (AvgIpc) is 3.21. The van der Waals surface area contributed by atoms with Gasteiger partial charge in [0.15, 0.2) is 5.82 Å². The van der Waals surface area contributed by atoms with Crippen LogP contribution in [0.5, 0.6) is 0 Å². The molecule has 0 radical (unpaired) electrons. The van der Waals surface area contributed by atoms with Gasteiger partial charge in [-0.2, -0.15) is 31.3 Å². The maximum Gasteiger partial charge on any atom is 0.469 e. The van der Waals surface area contributed by atoms with E-state index < -0.39 is 41.6 Å². The number of carbonyl (C=O) groups excluding carboxylic acids is 1. The van der Waals surface area contributed by atoms with Crippen molar-refractivity contribution in [3.63, 3.8) is 0 Å². The number of hydrogen-bond acceptors (Lipinski definition) is 7. The summed E-state index contributed by atoms with van der Waals surface area (Å²) < 4.78 is 79.8. The molecule has 1 unspecified atom stereocenters. The van der Waals surface area contributed by atoms with Gasteiger partial charge in [-0.3, -0.25) is 9.79 Å². The first kappa shape index (κ1) is 27.7. The van der Waals surface area contributed by atoms with Crippen molar-refractivity contribution in [3.8, 4) is 0 Å². The second-order valence-corrected chi connectivity index (χ2v) is 6.37. The molecule has 0 saturated heterocycles. The third kappa shape index (κ3) is 7.95. The predicted octanol–water partition coefficient (Wildman–Crippen LogP) is 3.78. The Kier molecular flexibility index (Phi) is 9.67. The van der Waals surface area contributed by atoms with Gasteiger partial charge in [0.2, 0.25) is 0 Å². The third-order valence-electron chi connectivity index (χ3n) is 4.15. The minimum atomic E-state index is -4.84.